The van der Waals surface area contributed by atoms with Crippen molar-refractivity contribution in [2.24, 2.45) is 0 Å². The van der Waals surface area contributed by atoms with Crippen LogP contribution in [0.15, 0.2) is 12.7 Å². The molecule has 0 radical (unpaired) electrons. The Bertz CT molecular complexity index is 182. The topological polar surface area (TPSA) is 80.7 Å². The number of aliphatic carboxylic acids is 1. The highest BCUT2D eigenvalue weighted by Gasteiger charge is 1.93. The highest BCUT2D eigenvalue weighted by molar-refractivity contribution is 5.82. The normalized spacial score (nSPS) is 7.17. The maximum absolute atomic E-state index is 9.81. The molecule has 0 aliphatic carbocycles. The van der Waals surface area contributed by atoms with Crippen LogP contribution in [0.1, 0.15) is 13.8 Å². The molecule has 0 bridgehead atoms. The van der Waals surface area contributed by atoms with Gasteiger partial charge in [0, 0.05) is 19.9 Å². The average molecular weight is 174 g/mol. The molecule has 0 amide bonds. The lowest BCUT2D eigenvalue weighted by atomic mass is 10.7. The number of carbonyl (C=O) groups is 3. The fraction of sp³-hybridized carbons (Fsp3) is 0.286. The first-order chi connectivity index (χ1) is 5.40. The number of ether oxygens (including phenoxy) is 1. The summed E-state index contributed by atoms with van der Waals surface area (Å²) in [5.41, 5.74) is 0. The first-order valence-electron chi connectivity index (χ1n) is 2.94. The fourth-order valence-corrected chi connectivity index (χ4v) is 0.202. The van der Waals surface area contributed by atoms with E-state index in [0.29, 0.717) is 0 Å². The van der Waals surface area contributed by atoms with Crippen molar-refractivity contribution >= 4 is 17.9 Å². The summed E-state index contributed by atoms with van der Waals surface area (Å²) in [6.07, 6.45) is 0.833. The number of hydrogen-bond acceptors (Lipinski definition) is 4. The molecule has 0 aliphatic heterocycles. The minimum Gasteiger partial charge on any atom is -0.478 e. The molecule has 0 spiro atoms. The van der Waals surface area contributed by atoms with Crippen LogP contribution in [0.2, 0.25) is 0 Å². The molecule has 0 heterocycles. The van der Waals surface area contributed by atoms with Crippen molar-refractivity contribution in [3.63, 3.8) is 0 Å². The number of carboxylic acids is 1. The summed E-state index contributed by atoms with van der Waals surface area (Å²) in [6, 6.07) is 0. The lowest BCUT2D eigenvalue weighted by molar-refractivity contribution is -0.156. The Kier molecular flexibility index (Phi) is 8.06. The van der Waals surface area contributed by atoms with Gasteiger partial charge in [0.1, 0.15) is 0 Å². The van der Waals surface area contributed by atoms with Crippen LogP contribution in [0.5, 0.6) is 0 Å². The third kappa shape index (κ3) is 23.8. The molecule has 0 fully saturated rings. The molecular formula is C7H10O5. The summed E-state index contributed by atoms with van der Waals surface area (Å²) in [7, 11) is 0. The lowest BCUT2D eigenvalue weighted by Gasteiger charge is -1.87. The number of hydrogen-bond donors (Lipinski definition) is 1. The average Bonchev–Trinajstić information content (AvgIpc) is 1.85. The molecule has 0 saturated carbocycles. The molecule has 68 valence electrons. The van der Waals surface area contributed by atoms with Gasteiger partial charge < -0.3 is 9.84 Å². The Morgan fingerprint density at radius 2 is 1.50 bits per heavy atom. The quantitative estimate of drug-likeness (QED) is 0.352. The molecule has 1 N–H and O–H groups in total. The molecule has 0 aliphatic rings. The van der Waals surface area contributed by atoms with Gasteiger partial charge in [0.05, 0.1) is 0 Å². The maximum atomic E-state index is 9.81. The Hall–Kier alpha value is -1.65. The second-order valence-electron chi connectivity index (χ2n) is 1.63. The zero-order valence-corrected chi connectivity index (χ0v) is 6.86. The Morgan fingerprint density at radius 3 is 1.50 bits per heavy atom. The van der Waals surface area contributed by atoms with Gasteiger partial charge >= 0.3 is 17.9 Å². The molecule has 0 aromatic rings. The highest BCUT2D eigenvalue weighted by Crippen LogP contribution is 1.73. The largest absolute Gasteiger partial charge is 0.478 e. The standard InChI is InChI=1S/C4H6O3.C3H4O2/c1-3(5)7-4(2)6;1-2-3(4)5/h1-2H3;2H,1H2,(H,4,5). The van der Waals surface area contributed by atoms with Crippen LogP contribution in [0.3, 0.4) is 0 Å². The smallest absolute Gasteiger partial charge is 0.327 e. The second kappa shape index (κ2) is 7.46. The lowest BCUT2D eigenvalue weighted by Crippen LogP contribution is -2.03. The summed E-state index contributed by atoms with van der Waals surface area (Å²) in [6.45, 7) is 5.32. The predicted octanol–water partition coefficient (Wildman–Crippen LogP) is 0.353. The molecule has 0 rings (SSSR count). The summed E-state index contributed by atoms with van der Waals surface area (Å²) in [5.74, 6) is -2.11. The van der Waals surface area contributed by atoms with Crippen LogP contribution in [0.4, 0.5) is 0 Å². The first-order valence-corrected chi connectivity index (χ1v) is 2.94. The SMILES string of the molecule is C=CC(=O)O.CC(=O)OC(C)=O. The van der Waals surface area contributed by atoms with Gasteiger partial charge in [0.2, 0.25) is 0 Å². The van der Waals surface area contributed by atoms with Crippen molar-refractivity contribution in [2.45, 2.75) is 13.8 Å². The molecule has 0 unspecified atom stereocenters. The molecule has 12 heavy (non-hydrogen) atoms. The zero-order valence-electron chi connectivity index (χ0n) is 6.86. The van der Waals surface area contributed by atoms with E-state index in [1.165, 1.54) is 13.8 Å². The third-order valence-corrected chi connectivity index (χ3v) is 0.462. The molecular weight excluding hydrogens is 164 g/mol. The fourth-order valence-electron chi connectivity index (χ4n) is 0.202. The number of carboxylic acid groups (broad SMARTS) is 1. The van der Waals surface area contributed by atoms with Crippen LogP contribution in [-0.2, 0) is 19.1 Å². The Morgan fingerprint density at radius 1 is 1.25 bits per heavy atom. The van der Waals surface area contributed by atoms with E-state index >= 15 is 0 Å². The monoisotopic (exact) mass is 174 g/mol. The van der Waals surface area contributed by atoms with Crippen LogP contribution in [0.25, 0.3) is 0 Å². The number of carbonyl (C=O) groups excluding carboxylic acids is 2. The van der Waals surface area contributed by atoms with Crippen molar-refractivity contribution in [2.75, 3.05) is 0 Å². The molecule has 0 aromatic carbocycles. The van der Waals surface area contributed by atoms with Gasteiger partial charge in [-0.2, -0.15) is 0 Å². The Balaban J connectivity index is 0. The Labute approximate surface area is 69.6 Å². The zero-order chi connectivity index (χ0) is 10.1. The van der Waals surface area contributed by atoms with Crippen molar-refractivity contribution < 1.29 is 24.2 Å². The highest BCUT2D eigenvalue weighted by atomic mass is 16.6. The van der Waals surface area contributed by atoms with Crippen molar-refractivity contribution in [1.82, 2.24) is 0 Å². The molecule has 0 saturated heterocycles. The summed E-state index contributed by atoms with van der Waals surface area (Å²) >= 11 is 0. The van der Waals surface area contributed by atoms with Gasteiger partial charge in [0.25, 0.3) is 0 Å². The van der Waals surface area contributed by atoms with Gasteiger partial charge in [0.15, 0.2) is 0 Å². The van der Waals surface area contributed by atoms with E-state index in [2.05, 4.69) is 11.3 Å². The summed E-state index contributed by atoms with van der Waals surface area (Å²) in [5, 5.41) is 7.60. The van der Waals surface area contributed by atoms with E-state index in [1.54, 1.807) is 0 Å². The maximum Gasteiger partial charge on any atom is 0.327 e. The predicted molar refractivity (Wildman–Crippen MR) is 40.3 cm³/mol. The number of esters is 2. The third-order valence-electron chi connectivity index (χ3n) is 0.462. The van der Waals surface area contributed by atoms with Gasteiger partial charge in [-0.15, -0.1) is 0 Å². The van der Waals surface area contributed by atoms with E-state index < -0.39 is 17.9 Å². The van der Waals surface area contributed by atoms with E-state index in [-0.39, 0.29) is 0 Å². The van der Waals surface area contributed by atoms with Crippen LogP contribution in [-0.4, -0.2) is 23.0 Å². The molecule has 5 nitrogen and oxygen atoms in total. The second-order valence-corrected chi connectivity index (χ2v) is 1.63. The van der Waals surface area contributed by atoms with Crippen LogP contribution < -0.4 is 0 Å². The van der Waals surface area contributed by atoms with Crippen molar-refractivity contribution in [1.29, 1.82) is 0 Å². The van der Waals surface area contributed by atoms with Gasteiger partial charge in [-0.3, -0.25) is 9.59 Å². The van der Waals surface area contributed by atoms with Crippen LogP contribution >= 0.6 is 0 Å². The molecule has 0 atom stereocenters. The van der Waals surface area contributed by atoms with Crippen molar-refractivity contribution in [3.8, 4) is 0 Å². The minimum atomic E-state index is -0.981. The summed E-state index contributed by atoms with van der Waals surface area (Å²) < 4.78 is 3.97. The molecule has 5 heteroatoms. The van der Waals surface area contributed by atoms with Gasteiger partial charge in [-0.25, -0.2) is 4.79 Å². The van der Waals surface area contributed by atoms with E-state index in [1.807, 2.05) is 0 Å². The van der Waals surface area contributed by atoms with E-state index in [4.69, 9.17) is 5.11 Å². The van der Waals surface area contributed by atoms with Crippen LogP contribution in [0, 0.1) is 0 Å². The van der Waals surface area contributed by atoms with Crippen molar-refractivity contribution in [3.05, 3.63) is 12.7 Å². The first kappa shape index (κ1) is 13.0. The van der Waals surface area contributed by atoms with E-state index in [0.717, 1.165) is 6.08 Å². The molecule has 0 aromatic heterocycles. The van der Waals surface area contributed by atoms with Gasteiger partial charge in [-0.1, -0.05) is 6.58 Å². The summed E-state index contributed by atoms with van der Waals surface area (Å²) in [4.78, 5) is 28.9. The van der Waals surface area contributed by atoms with E-state index in [9.17, 15) is 14.4 Å². The minimum absolute atomic E-state index is 0.562. The number of rotatable bonds is 1. The van der Waals surface area contributed by atoms with Gasteiger partial charge in [-0.05, 0) is 0 Å².